The second-order valence-corrected chi connectivity index (χ2v) is 16.8. The maximum Gasteiger partial charge on any atom is 0.315 e. The van der Waals surface area contributed by atoms with E-state index in [1.54, 1.807) is 0 Å². The van der Waals surface area contributed by atoms with Crippen LogP contribution in [0.25, 0.3) is 0 Å². The predicted molar refractivity (Wildman–Crippen MR) is 171 cm³/mol. The Kier molecular flexibility index (Phi) is 12.7. The Morgan fingerprint density at radius 1 is 0.978 bits per heavy atom. The maximum absolute atomic E-state index is 14.2. The van der Waals surface area contributed by atoms with Crippen molar-refractivity contribution in [3.05, 3.63) is 0 Å². The molecular formula is C30H51ClN6O7S. The van der Waals surface area contributed by atoms with Gasteiger partial charge in [0.05, 0.1) is 17.7 Å². The highest BCUT2D eigenvalue weighted by Crippen LogP contribution is 2.32. The van der Waals surface area contributed by atoms with Crippen LogP contribution in [0.5, 0.6) is 0 Å². The molecule has 15 heteroatoms. The SMILES string of the molecule is CN(C[C@@H](NC(=O)N[C@H](C(=O)N1C[C@H](Cl)C[C@H]1C(=O)N[C@H](CC1CCC1)C(=O)C(N)=O)C1CCCCC1)C(C)(C)C)S(C)(=O)=O. The number of rotatable bonds is 13. The van der Waals surface area contributed by atoms with Crippen molar-refractivity contribution < 1.29 is 32.4 Å². The number of alkyl halides is 1. The first-order valence-corrected chi connectivity index (χ1v) is 18.2. The molecule has 3 fully saturated rings. The molecule has 3 rings (SSSR count). The first-order valence-electron chi connectivity index (χ1n) is 15.9. The van der Waals surface area contributed by atoms with Crippen molar-refractivity contribution in [3.63, 3.8) is 0 Å². The van der Waals surface area contributed by atoms with Gasteiger partial charge in [-0.05, 0) is 42.9 Å². The van der Waals surface area contributed by atoms with E-state index >= 15 is 0 Å². The number of carbonyl (C=O) groups excluding carboxylic acids is 5. The molecule has 0 unspecified atom stereocenters. The van der Waals surface area contributed by atoms with Crippen molar-refractivity contribution in [1.82, 2.24) is 25.2 Å². The monoisotopic (exact) mass is 674 g/mol. The number of carbonyl (C=O) groups is 5. The molecule has 0 spiro atoms. The van der Waals surface area contributed by atoms with E-state index in [0.717, 1.165) is 44.8 Å². The Labute approximate surface area is 272 Å². The quantitative estimate of drug-likeness (QED) is 0.168. The Hall–Kier alpha value is -2.45. The fraction of sp³-hybridized carbons (Fsp3) is 0.833. The number of nitrogens with two attached hydrogens (primary N) is 1. The average Bonchev–Trinajstić information content (AvgIpc) is 3.32. The van der Waals surface area contributed by atoms with Gasteiger partial charge < -0.3 is 26.6 Å². The van der Waals surface area contributed by atoms with Gasteiger partial charge in [-0.25, -0.2) is 17.5 Å². The van der Waals surface area contributed by atoms with Gasteiger partial charge in [0.2, 0.25) is 27.6 Å². The average molecular weight is 675 g/mol. The van der Waals surface area contributed by atoms with Crippen LogP contribution in [0.15, 0.2) is 0 Å². The van der Waals surface area contributed by atoms with Gasteiger partial charge in [-0.3, -0.25) is 19.2 Å². The van der Waals surface area contributed by atoms with E-state index in [-0.39, 0.29) is 31.3 Å². The number of urea groups is 1. The molecule has 2 saturated carbocycles. The number of nitrogens with zero attached hydrogens (tertiary/aromatic N) is 2. The highest BCUT2D eigenvalue weighted by atomic mass is 35.5. The Bertz CT molecular complexity index is 1220. The molecule has 256 valence electrons. The van der Waals surface area contributed by atoms with E-state index in [2.05, 4.69) is 16.0 Å². The Morgan fingerprint density at radius 2 is 1.60 bits per heavy atom. The number of Topliss-reactive ketones (excluding diaryl/α,β-unsaturated/α-hetero) is 1. The number of hydrogen-bond acceptors (Lipinski definition) is 7. The van der Waals surface area contributed by atoms with Gasteiger partial charge in [-0.2, -0.15) is 0 Å². The van der Waals surface area contributed by atoms with E-state index in [1.807, 2.05) is 20.8 Å². The first kappa shape index (κ1) is 37.0. The molecule has 45 heavy (non-hydrogen) atoms. The molecule has 0 aromatic heterocycles. The minimum Gasteiger partial charge on any atom is -0.363 e. The molecule has 5 amide bonds. The van der Waals surface area contributed by atoms with Crippen LogP contribution in [0.2, 0.25) is 0 Å². The summed E-state index contributed by atoms with van der Waals surface area (Å²) in [6.07, 6.45) is 8.57. The zero-order valence-electron chi connectivity index (χ0n) is 27.1. The number of hydrogen-bond donors (Lipinski definition) is 4. The van der Waals surface area contributed by atoms with Gasteiger partial charge in [0.25, 0.3) is 5.91 Å². The van der Waals surface area contributed by atoms with Crippen LogP contribution >= 0.6 is 11.6 Å². The third-order valence-electron chi connectivity index (χ3n) is 9.54. The lowest BCUT2D eigenvalue weighted by atomic mass is 9.80. The van der Waals surface area contributed by atoms with Crippen LogP contribution in [0, 0.1) is 17.3 Å². The molecule has 0 aromatic carbocycles. The maximum atomic E-state index is 14.2. The summed E-state index contributed by atoms with van der Waals surface area (Å²) in [4.78, 5) is 66.9. The predicted octanol–water partition coefficient (Wildman–Crippen LogP) is 1.48. The van der Waals surface area contributed by atoms with E-state index in [1.165, 1.54) is 16.3 Å². The minimum absolute atomic E-state index is 0.0339. The molecule has 0 bridgehead atoms. The van der Waals surface area contributed by atoms with Crippen LogP contribution in [0.1, 0.15) is 85.0 Å². The van der Waals surface area contributed by atoms with E-state index in [9.17, 15) is 32.4 Å². The Morgan fingerprint density at radius 3 is 2.11 bits per heavy atom. The summed E-state index contributed by atoms with van der Waals surface area (Å²) in [7, 11) is -2.06. The van der Waals surface area contributed by atoms with Crippen molar-refractivity contribution in [2.75, 3.05) is 26.4 Å². The second-order valence-electron chi connectivity index (χ2n) is 14.1. The lowest BCUT2D eigenvalue weighted by Gasteiger charge is -2.37. The largest absolute Gasteiger partial charge is 0.363 e. The number of halogens is 1. The van der Waals surface area contributed by atoms with E-state index in [4.69, 9.17) is 17.3 Å². The first-order chi connectivity index (χ1) is 20.9. The standard InChI is InChI=1S/C30H51ClN6O7S/c1-30(2,3)23(17-36(4)45(5,43)44)34-29(42)35-24(19-12-7-6-8-13-19)28(41)37-16-20(31)15-22(37)27(40)33-21(25(38)26(32)39)14-18-10-9-11-18/h18-24H,6-17H2,1-5H3,(H2,32,39)(H,33,40)(H2,34,35,42)/t20-,21-,22+,23-,24+/m1/s1. The number of amides is 5. The number of nitrogens with one attached hydrogen (secondary N) is 3. The van der Waals surface area contributed by atoms with Gasteiger partial charge in [-0.1, -0.05) is 59.3 Å². The van der Waals surface area contributed by atoms with Crippen molar-refractivity contribution in [2.24, 2.45) is 23.0 Å². The minimum atomic E-state index is -3.50. The lowest BCUT2D eigenvalue weighted by Crippen LogP contribution is -2.60. The third kappa shape index (κ3) is 10.3. The molecule has 5 atom stereocenters. The zero-order valence-corrected chi connectivity index (χ0v) is 28.7. The smallest absolute Gasteiger partial charge is 0.315 e. The van der Waals surface area contributed by atoms with E-state index in [0.29, 0.717) is 19.3 Å². The molecule has 13 nitrogen and oxygen atoms in total. The molecule has 5 N–H and O–H groups in total. The second kappa shape index (κ2) is 15.4. The fourth-order valence-corrected chi connectivity index (χ4v) is 7.04. The van der Waals surface area contributed by atoms with Crippen LogP contribution in [0.3, 0.4) is 0 Å². The summed E-state index contributed by atoms with van der Waals surface area (Å²) >= 11 is 6.49. The molecular weight excluding hydrogens is 624 g/mol. The Balaban J connectivity index is 1.80. The van der Waals surface area contributed by atoms with Crippen molar-refractivity contribution in [2.45, 2.75) is 115 Å². The molecule has 0 radical (unpaired) electrons. The van der Waals surface area contributed by atoms with Crippen LogP contribution in [-0.2, 0) is 29.2 Å². The van der Waals surface area contributed by atoms with Gasteiger partial charge in [-0.15, -0.1) is 11.6 Å². The zero-order chi connectivity index (χ0) is 33.7. The molecule has 0 aromatic rings. The number of sulfonamides is 1. The van der Waals surface area contributed by atoms with Gasteiger partial charge >= 0.3 is 6.03 Å². The molecule has 3 aliphatic rings. The topological polar surface area (TPSA) is 188 Å². The van der Waals surface area contributed by atoms with E-state index < -0.39 is 74.5 Å². The summed E-state index contributed by atoms with van der Waals surface area (Å²) in [6.45, 7) is 5.76. The third-order valence-corrected chi connectivity index (χ3v) is 11.1. The van der Waals surface area contributed by atoms with Gasteiger partial charge in [0.1, 0.15) is 12.1 Å². The summed E-state index contributed by atoms with van der Waals surface area (Å²) in [5.41, 5.74) is 4.76. The van der Waals surface area contributed by atoms with Crippen LogP contribution in [-0.4, -0.2) is 103 Å². The number of likely N-dealkylation sites (N-methyl/N-ethyl adjacent to an activating group) is 1. The van der Waals surface area contributed by atoms with Crippen molar-refractivity contribution >= 4 is 51.2 Å². The summed E-state index contributed by atoms with van der Waals surface area (Å²) in [5.74, 6) is -3.01. The number of likely N-dealkylation sites (tertiary alicyclic amines) is 1. The molecule has 1 saturated heterocycles. The number of primary amides is 1. The van der Waals surface area contributed by atoms with Gasteiger partial charge in [0.15, 0.2) is 0 Å². The summed E-state index contributed by atoms with van der Waals surface area (Å²) in [6, 6.07) is -4.22. The van der Waals surface area contributed by atoms with Crippen molar-refractivity contribution in [3.8, 4) is 0 Å². The van der Waals surface area contributed by atoms with Crippen LogP contribution < -0.4 is 21.7 Å². The summed E-state index contributed by atoms with van der Waals surface area (Å²) < 4.78 is 25.3. The number of ketones is 1. The highest BCUT2D eigenvalue weighted by molar-refractivity contribution is 7.88. The fourth-order valence-electron chi connectivity index (χ4n) is 6.31. The molecule has 1 heterocycles. The molecule has 1 aliphatic heterocycles. The lowest BCUT2D eigenvalue weighted by molar-refractivity contribution is -0.143. The van der Waals surface area contributed by atoms with Crippen LogP contribution in [0.4, 0.5) is 4.79 Å². The normalized spacial score (nSPS) is 23.5. The van der Waals surface area contributed by atoms with Gasteiger partial charge in [0, 0.05) is 26.2 Å². The molecule has 2 aliphatic carbocycles. The van der Waals surface area contributed by atoms with Crippen molar-refractivity contribution in [1.29, 1.82) is 0 Å². The highest BCUT2D eigenvalue weighted by Gasteiger charge is 2.45. The summed E-state index contributed by atoms with van der Waals surface area (Å²) in [5, 5.41) is 7.90.